The van der Waals surface area contributed by atoms with Gasteiger partial charge in [-0.15, -0.1) is 0 Å². The zero-order valence-corrected chi connectivity index (χ0v) is 15.5. The van der Waals surface area contributed by atoms with Crippen LogP contribution in [-0.2, 0) is 6.54 Å². The quantitative estimate of drug-likeness (QED) is 0.701. The van der Waals surface area contributed by atoms with Crippen molar-refractivity contribution in [2.45, 2.75) is 19.4 Å². The number of carbonyl (C=O) groups excluding carboxylic acids is 1. The van der Waals surface area contributed by atoms with Crippen molar-refractivity contribution in [3.05, 3.63) is 72.2 Å². The van der Waals surface area contributed by atoms with Crippen LogP contribution >= 0.6 is 0 Å². The lowest BCUT2D eigenvalue weighted by atomic mass is 10.1. The molecule has 6 heteroatoms. The maximum Gasteiger partial charge on any atom is 0.255 e. The van der Waals surface area contributed by atoms with Gasteiger partial charge >= 0.3 is 0 Å². The molecule has 3 heterocycles. The van der Waals surface area contributed by atoms with E-state index in [1.165, 1.54) is 24.1 Å². The summed E-state index contributed by atoms with van der Waals surface area (Å²) < 4.78 is 1.67. The van der Waals surface area contributed by atoms with E-state index in [0.29, 0.717) is 17.9 Å². The fourth-order valence-electron chi connectivity index (χ4n) is 3.51. The van der Waals surface area contributed by atoms with E-state index in [4.69, 9.17) is 0 Å². The molecule has 2 aromatic heterocycles. The predicted molar refractivity (Wildman–Crippen MR) is 105 cm³/mol. The van der Waals surface area contributed by atoms with Crippen molar-refractivity contribution in [3.8, 4) is 5.82 Å². The molecule has 27 heavy (non-hydrogen) atoms. The number of amides is 1. The van der Waals surface area contributed by atoms with Gasteiger partial charge in [-0.2, -0.15) is 5.10 Å². The summed E-state index contributed by atoms with van der Waals surface area (Å²) in [4.78, 5) is 21.3. The monoisotopic (exact) mass is 361 g/mol. The Hall–Kier alpha value is -3.15. The number of rotatable bonds is 5. The Labute approximate surface area is 159 Å². The number of hydrogen-bond acceptors (Lipinski definition) is 4. The fourth-order valence-corrected chi connectivity index (χ4v) is 3.51. The van der Waals surface area contributed by atoms with Gasteiger partial charge in [0.15, 0.2) is 5.82 Å². The molecule has 1 aliphatic heterocycles. The Bertz CT molecular complexity index is 899. The molecule has 3 aromatic rings. The summed E-state index contributed by atoms with van der Waals surface area (Å²) in [5.41, 5.74) is 2.99. The molecule has 0 bridgehead atoms. The number of aromatic nitrogens is 3. The topological polar surface area (TPSA) is 54.3 Å². The largest absolute Gasteiger partial charge is 0.371 e. The average Bonchev–Trinajstić information content (AvgIpc) is 3.42. The number of carbonyl (C=O) groups is 1. The van der Waals surface area contributed by atoms with Crippen LogP contribution in [0.3, 0.4) is 0 Å². The molecule has 4 rings (SSSR count). The van der Waals surface area contributed by atoms with Gasteiger partial charge in [-0.1, -0.05) is 18.2 Å². The van der Waals surface area contributed by atoms with E-state index in [1.54, 1.807) is 28.0 Å². The highest BCUT2D eigenvalue weighted by Gasteiger charge is 2.18. The maximum absolute atomic E-state index is 12.8. The third kappa shape index (κ3) is 3.69. The van der Waals surface area contributed by atoms with E-state index in [0.717, 1.165) is 13.1 Å². The Morgan fingerprint density at radius 3 is 2.63 bits per heavy atom. The Balaban J connectivity index is 1.48. The normalized spacial score (nSPS) is 13.7. The smallest absolute Gasteiger partial charge is 0.255 e. The molecule has 1 fully saturated rings. The predicted octanol–water partition coefficient (Wildman–Crippen LogP) is 3.14. The summed E-state index contributed by atoms with van der Waals surface area (Å²) in [6.45, 7) is 2.76. The molecule has 0 saturated carbocycles. The van der Waals surface area contributed by atoms with Gasteiger partial charge in [0.1, 0.15) is 0 Å². The van der Waals surface area contributed by atoms with Gasteiger partial charge in [-0.25, -0.2) is 9.67 Å². The van der Waals surface area contributed by atoms with E-state index in [-0.39, 0.29) is 5.91 Å². The van der Waals surface area contributed by atoms with E-state index >= 15 is 0 Å². The molecule has 0 N–H and O–H groups in total. The molecule has 1 aliphatic rings. The molecule has 0 unspecified atom stereocenters. The molecule has 1 aromatic carbocycles. The first kappa shape index (κ1) is 17.3. The molecule has 1 amide bonds. The van der Waals surface area contributed by atoms with Crippen molar-refractivity contribution in [1.29, 1.82) is 0 Å². The van der Waals surface area contributed by atoms with Crippen molar-refractivity contribution < 1.29 is 4.79 Å². The first-order valence-corrected chi connectivity index (χ1v) is 9.27. The second kappa shape index (κ2) is 7.61. The molecule has 6 nitrogen and oxygen atoms in total. The van der Waals surface area contributed by atoms with Gasteiger partial charge in [-0.3, -0.25) is 4.79 Å². The van der Waals surface area contributed by atoms with Crippen LogP contribution in [0.4, 0.5) is 5.69 Å². The lowest BCUT2D eigenvalue weighted by Crippen LogP contribution is -2.28. The van der Waals surface area contributed by atoms with Crippen LogP contribution in [-0.4, -0.2) is 45.7 Å². The molecule has 0 spiro atoms. The third-order valence-corrected chi connectivity index (χ3v) is 4.93. The fraction of sp³-hybridized carbons (Fsp3) is 0.286. The van der Waals surface area contributed by atoms with Crippen molar-refractivity contribution in [1.82, 2.24) is 19.7 Å². The number of nitrogens with zero attached hydrogens (tertiary/aromatic N) is 5. The van der Waals surface area contributed by atoms with Gasteiger partial charge in [0, 0.05) is 51.0 Å². The second-order valence-corrected chi connectivity index (χ2v) is 6.84. The molecule has 138 valence electrons. The zero-order valence-electron chi connectivity index (χ0n) is 15.5. The van der Waals surface area contributed by atoms with Crippen LogP contribution < -0.4 is 4.90 Å². The minimum atomic E-state index is -0.0364. The molecule has 1 saturated heterocycles. The summed E-state index contributed by atoms with van der Waals surface area (Å²) in [5, 5.41) is 4.15. The highest BCUT2D eigenvalue weighted by molar-refractivity contribution is 5.93. The highest BCUT2D eigenvalue weighted by atomic mass is 16.2. The van der Waals surface area contributed by atoms with Crippen LogP contribution in [0.15, 0.2) is 61.1 Å². The van der Waals surface area contributed by atoms with Crippen molar-refractivity contribution in [3.63, 3.8) is 0 Å². The average molecular weight is 361 g/mol. The van der Waals surface area contributed by atoms with Crippen molar-refractivity contribution in [2.75, 3.05) is 25.0 Å². The number of para-hydroxylation sites is 1. The molecular formula is C21H23N5O. The summed E-state index contributed by atoms with van der Waals surface area (Å²) in [6.07, 6.45) is 7.61. The van der Waals surface area contributed by atoms with Crippen LogP contribution in [0.5, 0.6) is 0 Å². The first-order chi connectivity index (χ1) is 13.2. The van der Waals surface area contributed by atoms with Crippen LogP contribution in [0.25, 0.3) is 5.82 Å². The van der Waals surface area contributed by atoms with Crippen LogP contribution in [0, 0.1) is 0 Å². The van der Waals surface area contributed by atoms with E-state index in [9.17, 15) is 4.79 Å². The zero-order chi connectivity index (χ0) is 18.6. The highest BCUT2D eigenvalue weighted by Crippen LogP contribution is 2.25. The van der Waals surface area contributed by atoms with Gasteiger partial charge in [0.25, 0.3) is 5.91 Å². The van der Waals surface area contributed by atoms with E-state index < -0.39 is 0 Å². The summed E-state index contributed by atoms with van der Waals surface area (Å²) >= 11 is 0. The molecule has 0 radical (unpaired) electrons. The SMILES string of the molecule is CN(Cc1ccccc1N1CCCC1)C(=O)c1ccc(-n2cccn2)nc1. The lowest BCUT2D eigenvalue weighted by molar-refractivity contribution is 0.0785. The Morgan fingerprint density at radius 1 is 1.11 bits per heavy atom. The third-order valence-electron chi connectivity index (χ3n) is 4.93. The second-order valence-electron chi connectivity index (χ2n) is 6.84. The lowest BCUT2D eigenvalue weighted by Gasteiger charge is -2.24. The number of pyridine rings is 1. The van der Waals surface area contributed by atoms with Gasteiger partial charge < -0.3 is 9.80 Å². The maximum atomic E-state index is 12.8. The van der Waals surface area contributed by atoms with Crippen molar-refractivity contribution in [2.24, 2.45) is 0 Å². The summed E-state index contributed by atoms with van der Waals surface area (Å²) in [7, 11) is 1.84. The summed E-state index contributed by atoms with van der Waals surface area (Å²) in [5.74, 6) is 0.657. The number of anilines is 1. The molecule has 0 aliphatic carbocycles. The van der Waals surface area contributed by atoms with E-state index in [1.807, 2.05) is 31.4 Å². The van der Waals surface area contributed by atoms with Gasteiger partial charge in [0.05, 0.1) is 5.56 Å². The summed E-state index contributed by atoms with van der Waals surface area (Å²) in [6, 6.07) is 13.8. The standard InChI is InChI=1S/C21H23N5O/c1-24(16-18-7-2-3-8-19(18)25-12-4-5-13-25)21(27)17-9-10-20(22-15-17)26-14-6-11-23-26/h2-3,6-11,14-15H,4-5,12-13,16H2,1H3. The van der Waals surface area contributed by atoms with Crippen LogP contribution in [0.1, 0.15) is 28.8 Å². The molecular weight excluding hydrogens is 338 g/mol. The Morgan fingerprint density at radius 2 is 1.93 bits per heavy atom. The minimum Gasteiger partial charge on any atom is -0.371 e. The number of benzene rings is 1. The van der Waals surface area contributed by atoms with Crippen molar-refractivity contribution >= 4 is 11.6 Å². The molecule has 0 atom stereocenters. The first-order valence-electron chi connectivity index (χ1n) is 9.27. The Kier molecular flexibility index (Phi) is 4.87. The van der Waals surface area contributed by atoms with Crippen LogP contribution in [0.2, 0.25) is 0 Å². The minimum absolute atomic E-state index is 0.0364. The van der Waals surface area contributed by atoms with E-state index in [2.05, 4.69) is 33.2 Å². The van der Waals surface area contributed by atoms with Gasteiger partial charge in [0.2, 0.25) is 0 Å². The number of hydrogen-bond donors (Lipinski definition) is 0. The van der Waals surface area contributed by atoms with Gasteiger partial charge in [-0.05, 0) is 42.7 Å².